The lowest BCUT2D eigenvalue weighted by atomic mass is 9.62. The zero-order valence-electron chi connectivity index (χ0n) is 13.5. The Kier molecular flexibility index (Phi) is 6.67. The third-order valence-electron chi connectivity index (χ3n) is 4.51. The molecular weight excluding hydrogens is 216 g/mol. The van der Waals surface area contributed by atoms with Crippen molar-refractivity contribution in [3.8, 4) is 0 Å². The molecule has 0 aliphatic heterocycles. The van der Waals surface area contributed by atoms with E-state index in [0.29, 0.717) is 17.8 Å². The first kappa shape index (κ1) is 17.2. The van der Waals surface area contributed by atoms with Crippen molar-refractivity contribution < 1.29 is 0 Å². The van der Waals surface area contributed by atoms with Gasteiger partial charge in [0, 0.05) is 0 Å². The standard InChI is InChI=1S/C18H32/c1-10-15(6)17(8)18(9,12-14(4)5)16(7)11-13(2)3/h10-11,15-17H,1,4,12H2,2-3,5-9H3. The molecule has 0 aromatic rings. The molecule has 0 saturated carbocycles. The van der Waals surface area contributed by atoms with E-state index in [9.17, 15) is 0 Å². The first-order chi connectivity index (χ1) is 8.15. The van der Waals surface area contributed by atoms with Gasteiger partial charge in [-0.05, 0) is 50.4 Å². The summed E-state index contributed by atoms with van der Waals surface area (Å²) in [5.74, 6) is 1.68. The zero-order valence-corrected chi connectivity index (χ0v) is 13.5. The second kappa shape index (κ2) is 6.97. The monoisotopic (exact) mass is 248 g/mol. The predicted molar refractivity (Wildman–Crippen MR) is 84.7 cm³/mol. The van der Waals surface area contributed by atoms with E-state index in [1.807, 2.05) is 0 Å². The largest absolute Gasteiger partial charge is 0.103 e. The van der Waals surface area contributed by atoms with Crippen molar-refractivity contribution in [2.24, 2.45) is 23.2 Å². The molecule has 0 spiro atoms. The van der Waals surface area contributed by atoms with Crippen LogP contribution in [0.1, 0.15) is 54.9 Å². The minimum Gasteiger partial charge on any atom is -0.103 e. The molecule has 0 aliphatic rings. The van der Waals surface area contributed by atoms with Crippen molar-refractivity contribution in [2.75, 3.05) is 0 Å². The molecule has 4 unspecified atom stereocenters. The summed E-state index contributed by atoms with van der Waals surface area (Å²) in [5.41, 5.74) is 2.92. The summed E-state index contributed by atoms with van der Waals surface area (Å²) in [6.07, 6.45) is 5.56. The summed E-state index contributed by atoms with van der Waals surface area (Å²) in [7, 11) is 0. The summed E-state index contributed by atoms with van der Waals surface area (Å²) in [4.78, 5) is 0. The normalized spacial score (nSPS) is 19.3. The fraction of sp³-hybridized carbons (Fsp3) is 0.667. The van der Waals surface area contributed by atoms with E-state index in [4.69, 9.17) is 0 Å². The van der Waals surface area contributed by atoms with Gasteiger partial charge in [-0.1, -0.05) is 51.0 Å². The van der Waals surface area contributed by atoms with E-state index in [2.05, 4.69) is 73.8 Å². The van der Waals surface area contributed by atoms with E-state index < -0.39 is 0 Å². The van der Waals surface area contributed by atoms with Crippen molar-refractivity contribution in [3.05, 3.63) is 36.5 Å². The van der Waals surface area contributed by atoms with E-state index >= 15 is 0 Å². The summed E-state index contributed by atoms with van der Waals surface area (Å²) >= 11 is 0. The number of rotatable bonds is 7. The van der Waals surface area contributed by atoms with Gasteiger partial charge in [0.05, 0.1) is 0 Å². The predicted octanol–water partition coefficient (Wildman–Crippen LogP) is 6.02. The van der Waals surface area contributed by atoms with Crippen LogP contribution in [-0.4, -0.2) is 0 Å². The highest BCUT2D eigenvalue weighted by Gasteiger charge is 2.37. The third kappa shape index (κ3) is 4.48. The SMILES string of the molecule is C=CC(C)C(C)C(C)(CC(=C)C)C(C)C=C(C)C. The van der Waals surface area contributed by atoms with Crippen molar-refractivity contribution >= 4 is 0 Å². The summed E-state index contributed by atoms with van der Waals surface area (Å²) in [5, 5.41) is 0. The molecule has 0 heterocycles. The van der Waals surface area contributed by atoms with E-state index in [0.717, 1.165) is 6.42 Å². The highest BCUT2D eigenvalue weighted by molar-refractivity contribution is 5.08. The second-order valence-corrected chi connectivity index (χ2v) is 6.56. The molecule has 0 aliphatic carbocycles. The molecule has 0 saturated heterocycles. The van der Waals surface area contributed by atoms with Crippen molar-refractivity contribution in [1.82, 2.24) is 0 Å². The molecule has 0 bridgehead atoms. The van der Waals surface area contributed by atoms with Crippen LogP contribution < -0.4 is 0 Å². The van der Waals surface area contributed by atoms with Crippen LogP contribution in [-0.2, 0) is 0 Å². The van der Waals surface area contributed by atoms with Crippen LogP contribution in [0.5, 0.6) is 0 Å². The topological polar surface area (TPSA) is 0 Å². The summed E-state index contributed by atoms with van der Waals surface area (Å²) in [6, 6.07) is 0. The van der Waals surface area contributed by atoms with Gasteiger partial charge in [-0.2, -0.15) is 0 Å². The molecule has 0 nitrogen and oxygen atoms in total. The number of hydrogen-bond donors (Lipinski definition) is 0. The Balaban J connectivity index is 5.34. The Morgan fingerprint density at radius 3 is 2.00 bits per heavy atom. The Hall–Kier alpha value is -0.780. The maximum absolute atomic E-state index is 4.12. The molecule has 4 atom stereocenters. The molecule has 0 heteroatoms. The molecule has 0 fully saturated rings. The van der Waals surface area contributed by atoms with Crippen LogP contribution >= 0.6 is 0 Å². The van der Waals surface area contributed by atoms with E-state index in [1.54, 1.807) is 0 Å². The average molecular weight is 248 g/mol. The summed E-state index contributed by atoms with van der Waals surface area (Å²) < 4.78 is 0. The Morgan fingerprint density at radius 2 is 1.67 bits per heavy atom. The van der Waals surface area contributed by atoms with Gasteiger partial charge in [-0.25, -0.2) is 0 Å². The van der Waals surface area contributed by atoms with Crippen LogP contribution in [0, 0.1) is 23.2 Å². The third-order valence-corrected chi connectivity index (χ3v) is 4.51. The van der Waals surface area contributed by atoms with Crippen LogP contribution in [0.3, 0.4) is 0 Å². The number of hydrogen-bond acceptors (Lipinski definition) is 0. The van der Waals surface area contributed by atoms with Gasteiger partial charge in [0.1, 0.15) is 0 Å². The Morgan fingerprint density at radius 1 is 1.17 bits per heavy atom. The molecule has 104 valence electrons. The van der Waals surface area contributed by atoms with Gasteiger partial charge in [0.25, 0.3) is 0 Å². The molecule has 0 radical (unpaired) electrons. The van der Waals surface area contributed by atoms with Gasteiger partial charge in [-0.3, -0.25) is 0 Å². The molecule has 0 aromatic heterocycles. The van der Waals surface area contributed by atoms with Crippen molar-refractivity contribution in [1.29, 1.82) is 0 Å². The van der Waals surface area contributed by atoms with Gasteiger partial charge in [0.2, 0.25) is 0 Å². The molecule has 0 aromatic carbocycles. The maximum Gasteiger partial charge on any atom is -0.0197 e. The van der Waals surface area contributed by atoms with Crippen LogP contribution in [0.15, 0.2) is 36.5 Å². The molecular formula is C18H32. The fourth-order valence-electron chi connectivity index (χ4n) is 2.88. The van der Waals surface area contributed by atoms with Gasteiger partial charge in [-0.15, -0.1) is 13.2 Å². The number of allylic oxidation sites excluding steroid dienone is 4. The minimum atomic E-state index is 0.247. The molecule has 0 N–H and O–H groups in total. The van der Waals surface area contributed by atoms with E-state index in [1.165, 1.54) is 11.1 Å². The molecule has 0 rings (SSSR count). The minimum absolute atomic E-state index is 0.247. The Labute approximate surface area is 115 Å². The van der Waals surface area contributed by atoms with Crippen LogP contribution in [0.25, 0.3) is 0 Å². The van der Waals surface area contributed by atoms with Gasteiger partial charge >= 0.3 is 0 Å². The lowest BCUT2D eigenvalue weighted by Crippen LogP contribution is -2.35. The van der Waals surface area contributed by atoms with Crippen molar-refractivity contribution in [2.45, 2.75) is 54.9 Å². The van der Waals surface area contributed by atoms with Crippen molar-refractivity contribution in [3.63, 3.8) is 0 Å². The fourth-order valence-corrected chi connectivity index (χ4v) is 2.88. The lowest BCUT2D eigenvalue weighted by Gasteiger charge is -2.43. The molecule has 0 amide bonds. The first-order valence-electron chi connectivity index (χ1n) is 7.07. The van der Waals surface area contributed by atoms with Crippen LogP contribution in [0.2, 0.25) is 0 Å². The highest BCUT2D eigenvalue weighted by Crippen LogP contribution is 2.45. The quantitative estimate of drug-likeness (QED) is 0.483. The second-order valence-electron chi connectivity index (χ2n) is 6.56. The maximum atomic E-state index is 4.12. The Bertz CT molecular complexity index is 317. The molecule has 18 heavy (non-hydrogen) atoms. The van der Waals surface area contributed by atoms with Gasteiger partial charge < -0.3 is 0 Å². The lowest BCUT2D eigenvalue weighted by molar-refractivity contribution is 0.113. The van der Waals surface area contributed by atoms with Gasteiger partial charge in [0.15, 0.2) is 0 Å². The smallest absolute Gasteiger partial charge is 0.0197 e. The highest BCUT2D eigenvalue weighted by atomic mass is 14.4. The summed E-state index contributed by atoms with van der Waals surface area (Å²) in [6.45, 7) is 23.9. The van der Waals surface area contributed by atoms with E-state index in [-0.39, 0.29) is 5.41 Å². The van der Waals surface area contributed by atoms with Crippen LogP contribution in [0.4, 0.5) is 0 Å². The first-order valence-corrected chi connectivity index (χ1v) is 7.07. The average Bonchev–Trinajstić information content (AvgIpc) is 2.24. The zero-order chi connectivity index (χ0) is 14.5.